The van der Waals surface area contributed by atoms with E-state index < -0.39 is 24.5 Å². The number of hydrogen-bond acceptors (Lipinski definition) is 6. The zero-order valence-electron chi connectivity index (χ0n) is 17.9. The third-order valence-corrected chi connectivity index (χ3v) is 4.53. The van der Waals surface area contributed by atoms with E-state index in [1.807, 2.05) is 13.8 Å². The standard InChI is InChI=1S/C23H25BrN2O6/c1-15(2)13-32-23(30)16-3-7-18(8-4-16)26-21(28)14-31-22(29)12-11-20(27)25-19-9-5-17(24)6-10-19/h3-10,15H,11-14H2,1-2H3,(H,25,27)(H,26,28). The fourth-order valence-electron chi connectivity index (χ4n) is 2.40. The maximum atomic E-state index is 12.0. The lowest BCUT2D eigenvalue weighted by molar-refractivity contribution is -0.147. The molecule has 0 bridgehead atoms. The lowest BCUT2D eigenvalue weighted by Gasteiger charge is -2.09. The van der Waals surface area contributed by atoms with Crippen LogP contribution >= 0.6 is 15.9 Å². The van der Waals surface area contributed by atoms with Gasteiger partial charge in [-0.05, 0) is 54.4 Å². The van der Waals surface area contributed by atoms with Gasteiger partial charge in [0.2, 0.25) is 5.91 Å². The number of amides is 2. The lowest BCUT2D eigenvalue weighted by Crippen LogP contribution is -2.21. The Morgan fingerprint density at radius 2 is 1.38 bits per heavy atom. The van der Waals surface area contributed by atoms with Gasteiger partial charge in [0.15, 0.2) is 6.61 Å². The van der Waals surface area contributed by atoms with Crippen molar-refractivity contribution in [2.75, 3.05) is 23.8 Å². The first-order valence-corrected chi connectivity index (χ1v) is 10.8. The summed E-state index contributed by atoms with van der Waals surface area (Å²) in [6, 6.07) is 13.2. The van der Waals surface area contributed by atoms with E-state index in [1.54, 1.807) is 36.4 Å². The molecule has 170 valence electrons. The number of carbonyl (C=O) groups is 4. The molecule has 0 aliphatic carbocycles. The van der Waals surface area contributed by atoms with Gasteiger partial charge < -0.3 is 20.1 Å². The van der Waals surface area contributed by atoms with E-state index in [9.17, 15) is 19.2 Å². The Morgan fingerprint density at radius 3 is 1.97 bits per heavy atom. The van der Waals surface area contributed by atoms with E-state index in [2.05, 4.69) is 26.6 Å². The Morgan fingerprint density at radius 1 is 0.812 bits per heavy atom. The zero-order chi connectivity index (χ0) is 23.5. The van der Waals surface area contributed by atoms with Crippen LogP contribution in [0.1, 0.15) is 37.0 Å². The van der Waals surface area contributed by atoms with Crippen LogP contribution in [0.2, 0.25) is 0 Å². The molecule has 0 aromatic heterocycles. The van der Waals surface area contributed by atoms with Crippen molar-refractivity contribution in [3.05, 3.63) is 58.6 Å². The van der Waals surface area contributed by atoms with Gasteiger partial charge in [-0.3, -0.25) is 14.4 Å². The molecule has 9 heteroatoms. The summed E-state index contributed by atoms with van der Waals surface area (Å²) in [5.74, 6) is -1.72. The third kappa shape index (κ3) is 9.30. The highest BCUT2D eigenvalue weighted by Gasteiger charge is 2.12. The molecule has 0 unspecified atom stereocenters. The van der Waals surface area contributed by atoms with Crippen LogP contribution in [0, 0.1) is 5.92 Å². The minimum Gasteiger partial charge on any atom is -0.462 e. The van der Waals surface area contributed by atoms with Crippen molar-refractivity contribution in [1.82, 2.24) is 0 Å². The van der Waals surface area contributed by atoms with Gasteiger partial charge in [-0.2, -0.15) is 0 Å². The topological polar surface area (TPSA) is 111 Å². The summed E-state index contributed by atoms with van der Waals surface area (Å²) in [6.07, 6.45) is -0.215. The van der Waals surface area contributed by atoms with Gasteiger partial charge in [-0.15, -0.1) is 0 Å². The molecular formula is C23H25BrN2O6. The van der Waals surface area contributed by atoms with Crippen LogP contribution in [0.25, 0.3) is 0 Å². The second-order valence-electron chi connectivity index (χ2n) is 7.33. The third-order valence-electron chi connectivity index (χ3n) is 4.00. The van der Waals surface area contributed by atoms with Crippen LogP contribution in [-0.2, 0) is 23.9 Å². The first kappa shape index (κ1) is 25.1. The Hall–Kier alpha value is -3.20. The average Bonchev–Trinajstić information content (AvgIpc) is 2.76. The van der Waals surface area contributed by atoms with Crippen LogP contribution < -0.4 is 10.6 Å². The SMILES string of the molecule is CC(C)COC(=O)c1ccc(NC(=O)COC(=O)CCC(=O)Nc2ccc(Br)cc2)cc1. The summed E-state index contributed by atoms with van der Waals surface area (Å²) < 4.78 is 10.9. The molecule has 0 saturated carbocycles. The summed E-state index contributed by atoms with van der Waals surface area (Å²) >= 11 is 3.30. The lowest BCUT2D eigenvalue weighted by atomic mass is 10.2. The Kier molecular flexibility index (Phi) is 9.87. The van der Waals surface area contributed by atoms with Crippen molar-refractivity contribution < 1.29 is 28.7 Å². The monoisotopic (exact) mass is 504 g/mol. The molecule has 32 heavy (non-hydrogen) atoms. The number of ether oxygens (including phenoxy) is 2. The van der Waals surface area contributed by atoms with Gasteiger partial charge >= 0.3 is 11.9 Å². The number of carbonyl (C=O) groups excluding carboxylic acids is 4. The molecule has 0 fully saturated rings. The first-order valence-electron chi connectivity index (χ1n) is 10.0. The highest BCUT2D eigenvalue weighted by Crippen LogP contribution is 2.14. The largest absolute Gasteiger partial charge is 0.462 e. The number of nitrogens with one attached hydrogen (secondary N) is 2. The van der Waals surface area contributed by atoms with E-state index in [0.29, 0.717) is 23.5 Å². The van der Waals surface area contributed by atoms with Crippen molar-refractivity contribution in [1.29, 1.82) is 0 Å². The number of hydrogen-bond donors (Lipinski definition) is 2. The number of benzene rings is 2. The molecule has 0 aliphatic rings. The Balaban J connectivity index is 1.68. The molecule has 0 saturated heterocycles. The predicted octanol–water partition coefficient (Wildman–Crippen LogP) is 4.16. The Labute approximate surface area is 194 Å². The number of anilines is 2. The highest BCUT2D eigenvalue weighted by molar-refractivity contribution is 9.10. The minimum atomic E-state index is -0.658. The van der Waals surface area contributed by atoms with E-state index in [4.69, 9.17) is 9.47 Å². The van der Waals surface area contributed by atoms with Crippen molar-refractivity contribution in [3.63, 3.8) is 0 Å². The molecule has 2 aromatic rings. The molecule has 0 heterocycles. The van der Waals surface area contributed by atoms with E-state index in [0.717, 1.165) is 4.47 Å². The van der Waals surface area contributed by atoms with Gasteiger partial charge in [0.1, 0.15) is 0 Å². The molecule has 8 nitrogen and oxygen atoms in total. The van der Waals surface area contributed by atoms with Crippen LogP contribution in [0.3, 0.4) is 0 Å². The summed E-state index contributed by atoms with van der Waals surface area (Å²) in [7, 11) is 0. The van der Waals surface area contributed by atoms with Gasteiger partial charge in [0, 0.05) is 22.3 Å². The van der Waals surface area contributed by atoms with Gasteiger partial charge in [0.25, 0.3) is 5.91 Å². The van der Waals surface area contributed by atoms with Gasteiger partial charge in [0.05, 0.1) is 18.6 Å². The number of esters is 2. The minimum absolute atomic E-state index is 0.0646. The van der Waals surface area contributed by atoms with Crippen molar-refractivity contribution in [2.24, 2.45) is 5.92 Å². The summed E-state index contributed by atoms with van der Waals surface area (Å²) in [6.45, 7) is 3.73. The smallest absolute Gasteiger partial charge is 0.338 e. The van der Waals surface area contributed by atoms with E-state index in [-0.39, 0.29) is 24.7 Å². The molecule has 2 rings (SSSR count). The van der Waals surface area contributed by atoms with Crippen LogP contribution in [0.5, 0.6) is 0 Å². The Bertz CT molecular complexity index is 942. The van der Waals surface area contributed by atoms with E-state index >= 15 is 0 Å². The van der Waals surface area contributed by atoms with Gasteiger partial charge in [-0.1, -0.05) is 29.8 Å². The summed E-state index contributed by atoms with van der Waals surface area (Å²) in [5, 5.41) is 5.23. The second kappa shape index (κ2) is 12.6. The first-order chi connectivity index (χ1) is 15.2. The van der Waals surface area contributed by atoms with Crippen molar-refractivity contribution in [2.45, 2.75) is 26.7 Å². The average molecular weight is 505 g/mol. The number of rotatable bonds is 10. The van der Waals surface area contributed by atoms with Crippen molar-refractivity contribution in [3.8, 4) is 0 Å². The molecule has 0 aliphatic heterocycles. The van der Waals surface area contributed by atoms with Gasteiger partial charge in [-0.25, -0.2) is 4.79 Å². The molecule has 0 spiro atoms. The van der Waals surface area contributed by atoms with E-state index in [1.165, 1.54) is 12.1 Å². The molecular weight excluding hydrogens is 480 g/mol. The maximum absolute atomic E-state index is 12.0. The quantitative estimate of drug-likeness (QED) is 0.470. The fourth-order valence-corrected chi connectivity index (χ4v) is 2.67. The number of halogens is 1. The van der Waals surface area contributed by atoms with Crippen LogP contribution in [0.15, 0.2) is 53.0 Å². The molecule has 2 aromatic carbocycles. The van der Waals surface area contributed by atoms with Crippen LogP contribution in [-0.4, -0.2) is 37.0 Å². The summed E-state index contributed by atoms with van der Waals surface area (Å²) in [5.41, 5.74) is 1.43. The summed E-state index contributed by atoms with van der Waals surface area (Å²) in [4.78, 5) is 47.5. The molecule has 2 amide bonds. The molecule has 2 N–H and O–H groups in total. The fraction of sp³-hybridized carbons (Fsp3) is 0.304. The second-order valence-corrected chi connectivity index (χ2v) is 8.25. The highest BCUT2D eigenvalue weighted by atomic mass is 79.9. The normalized spacial score (nSPS) is 10.4. The zero-order valence-corrected chi connectivity index (χ0v) is 19.4. The predicted molar refractivity (Wildman–Crippen MR) is 123 cm³/mol. The van der Waals surface area contributed by atoms with Crippen molar-refractivity contribution >= 4 is 51.1 Å². The van der Waals surface area contributed by atoms with Crippen LogP contribution in [0.4, 0.5) is 11.4 Å². The maximum Gasteiger partial charge on any atom is 0.338 e. The molecule has 0 atom stereocenters. The molecule has 0 radical (unpaired) electrons.